The van der Waals surface area contributed by atoms with E-state index < -0.39 is 10.0 Å². The van der Waals surface area contributed by atoms with Crippen LogP contribution in [-0.2, 0) is 10.0 Å². The van der Waals surface area contributed by atoms with Crippen molar-refractivity contribution in [1.29, 1.82) is 0 Å². The van der Waals surface area contributed by atoms with E-state index in [1.807, 2.05) is 0 Å². The average Bonchev–Trinajstić information content (AvgIpc) is 2.52. The fraction of sp³-hybridized carbons (Fsp3) is 0.188. The van der Waals surface area contributed by atoms with Crippen LogP contribution in [0.5, 0.6) is 0 Å². The minimum atomic E-state index is -3.93. The summed E-state index contributed by atoms with van der Waals surface area (Å²) in [7, 11) is -2.41. The van der Waals surface area contributed by atoms with Gasteiger partial charge >= 0.3 is 0 Å². The lowest BCUT2D eigenvalue weighted by molar-refractivity contribution is 0.0963. The molecular formula is C16H16Cl2N2O3S. The SMILES string of the molecule is CNC(=O)c1ccc(NS(=O)(=O)c2c(C)c(Cl)cc(C)c2Cl)cc1. The van der Waals surface area contributed by atoms with Crippen LogP contribution < -0.4 is 10.0 Å². The Bertz CT molecular complexity index is 868. The summed E-state index contributed by atoms with van der Waals surface area (Å²) < 4.78 is 27.8. The minimum Gasteiger partial charge on any atom is -0.355 e. The van der Waals surface area contributed by atoms with Gasteiger partial charge in [0.25, 0.3) is 15.9 Å². The Morgan fingerprint density at radius 1 is 1.08 bits per heavy atom. The molecular weight excluding hydrogens is 371 g/mol. The zero-order valence-electron chi connectivity index (χ0n) is 13.3. The molecule has 0 atom stereocenters. The predicted octanol–water partition coefficient (Wildman–Crippen LogP) is 3.77. The topological polar surface area (TPSA) is 75.3 Å². The monoisotopic (exact) mass is 386 g/mol. The van der Waals surface area contributed by atoms with Gasteiger partial charge in [-0.3, -0.25) is 9.52 Å². The number of nitrogens with one attached hydrogen (secondary N) is 2. The van der Waals surface area contributed by atoms with Crippen molar-refractivity contribution >= 4 is 44.8 Å². The fourth-order valence-electron chi connectivity index (χ4n) is 2.17. The molecule has 0 fully saturated rings. The number of amides is 1. The first-order chi connectivity index (χ1) is 11.2. The lowest BCUT2D eigenvalue weighted by Crippen LogP contribution is -2.18. The van der Waals surface area contributed by atoms with Crippen LogP contribution in [0.3, 0.4) is 0 Å². The second-order valence-electron chi connectivity index (χ2n) is 5.21. The number of benzene rings is 2. The summed E-state index contributed by atoms with van der Waals surface area (Å²) in [4.78, 5) is 11.5. The number of anilines is 1. The number of halogens is 2. The van der Waals surface area contributed by atoms with Gasteiger partial charge in [0, 0.05) is 23.3 Å². The van der Waals surface area contributed by atoms with Gasteiger partial charge in [0.1, 0.15) is 4.90 Å². The maximum Gasteiger partial charge on any atom is 0.263 e. The molecule has 0 radical (unpaired) electrons. The van der Waals surface area contributed by atoms with Gasteiger partial charge in [-0.15, -0.1) is 0 Å². The Balaban J connectivity index is 2.41. The summed E-state index contributed by atoms with van der Waals surface area (Å²) in [5.74, 6) is -0.256. The van der Waals surface area contributed by atoms with Gasteiger partial charge in [0.2, 0.25) is 0 Å². The number of hydrogen-bond donors (Lipinski definition) is 2. The van der Waals surface area contributed by atoms with Crippen molar-refractivity contribution in [2.24, 2.45) is 0 Å². The van der Waals surface area contributed by atoms with Gasteiger partial charge in [-0.25, -0.2) is 8.42 Å². The predicted molar refractivity (Wildman–Crippen MR) is 96.6 cm³/mol. The highest BCUT2D eigenvalue weighted by Crippen LogP contribution is 2.34. The third-order valence-corrected chi connectivity index (χ3v) is 6.03. The molecule has 0 heterocycles. The van der Waals surface area contributed by atoms with Gasteiger partial charge in [-0.2, -0.15) is 0 Å². The largest absolute Gasteiger partial charge is 0.355 e. The second-order valence-corrected chi connectivity index (χ2v) is 7.61. The fourth-order valence-corrected chi connectivity index (χ4v) is 4.45. The Morgan fingerprint density at radius 2 is 1.67 bits per heavy atom. The summed E-state index contributed by atoms with van der Waals surface area (Å²) in [5.41, 5.74) is 1.69. The normalized spacial score (nSPS) is 11.2. The third-order valence-electron chi connectivity index (χ3n) is 3.48. The highest BCUT2D eigenvalue weighted by molar-refractivity contribution is 7.93. The molecule has 0 aromatic heterocycles. The molecule has 0 saturated heterocycles. The lowest BCUT2D eigenvalue weighted by atomic mass is 10.2. The van der Waals surface area contributed by atoms with Gasteiger partial charge < -0.3 is 5.32 Å². The summed E-state index contributed by atoms with van der Waals surface area (Å²) in [6.07, 6.45) is 0. The van der Waals surface area contributed by atoms with Crippen molar-refractivity contribution in [2.75, 3.05) is 11.8 Å². The number of carbonyl (C=O) groups is 1. The zero-order chi connectivity index (χ0) is 18.1. The van der Waals surface area contributed by atoms with Crippen molar-refractivity contribution in [3.63, 3.8) is 0 Å². The molecule has 2 aromatic rings. The van der Waals surface area contributed by atoms with Crippen LogP contribution in [0.25, 0.3) is 0 Å². The van der Waals surface area contributed by atoms with E-state index in [2.05, 4.69) is 10.0 Å². The van der Waals surface area contributed by atoms with E-state index in [1.54, 1.807) is 19.9 Å². The van der Waals surface area contributed by atoms with Crippen LogP contribution in [-0.4, -0.2) is 21.4 Å². The molecule has 24 heavy (non-hydrogen) atoms. The molecule has 0 aliphatic rings. The maximum atomic E-state index is 12.7. The first kappa shape index (κ1) is 18.6. The molecule has 8 heteroatoms. The highest BCUT2D eigenvalue weighted by atomic mass is 35.5. The van der Waals surface area contributed by atoms with E-state index in [0.29, 0.717) is 27.4 Å². The van der Waals surface area contributed by atoms with Crippen LogP contribution in [0.15, 0.2) is 35.2 Å². The first-order valence-electron chi connectivity index (χ1n) is 6.97. The first-order valence-corrected chi connectivity index (χ1v) is 9.21. The number of hydrogen-bond acceptors (Lipinski definition) is 3. The molecule has 2 rings (SSSR count). The molecule has 128 valence electrons. The molecule has 5 nitrogen and oxygen atoms in total. The Labute approximate surface area is 151 Å². The summed E-state index contributed by atoms with van der Waals surface area (Å²) >= 11 is 12.3. The van der Waals surface area contributed by atoms with E-state index in [-0.39, 0.29) is 15.8 Å². The molecule has 1 amide bonds. The number of aryl methyl sites for hydroxylation is 1. The third kappa shape index (κ3) is 3.66. The molecule has 2 N–H and O–H groups in total. The number of rotatable bonds is 4. The molecule has 0 unspecified atom stereocenters. The van der Waals surface area contributed by atoms with Crippen molar-refractivity contribution in [3.8, 4) is 0 Å². The molecule has 2 aromatic carbocycles. The van der Waals surface area contributed by atoms with Crippen molar-refractivity contribution < 1.29 is 13.2 Å². The van der Waals surface area contributed by atoms with Gasteiger partial charge in [0.05, 0.1) is 5.02 Å². The number of sulfonamides is 1. The Morgan fingerprint density at radius 3 is 2.21 bits per heavy atom. The van der Waals surface area contributed by atoms with Crippen LogP contribution in [0, 0.1) is 13.8 Å². The minimum absolute atomic E-state index is 0.0513. The molecule has 0 saturated carbocycles. The van der Waals surface area contributed by atoms with E-state index in [9.17, 15) is 13.2 Å². The van der Waals surface area contributed by atoms with Crippen molar-refractivity contribution in [1.82, 2.24) is 5.32 Å². The summed E-state index contributed by atoms with van der Waals surface area (Å²) in [5, 5.41) is 2.95. The number of carbonyl (C=O) groups excluding carboxylic acids is 1. The molecule has 0 aliphatic carbocycles. The summed E-state index contributed by atoms with van der Waals surface area (Å²) in [6.45, 7) is 3.28. The van der Waals surface area contributed by atoms with Crippen LogP contribution in [0.1, 0.15) is 21.5 Å². The lowest BCUT2D eigenvalue weighted by Gasteiger charge is -2.15. The van der Waals surface area contributed by atoms with E-state index in [0.717, 1.165) is 0 Å². The standard InChI is InChI=1S/C16H16Cl2N2O3S/c1-9-8-13(17)10(2)15(14(9)18)24(22,23)20-12-6-4-11(5-7-12)16(21)19-3/h4-8,20H,1-3H3,(H,19,21). The second kappa shape index (κ2) is 7.01. The van der Waals surface area contributed by atoms with Gasteiger partial charge in [0.15, 0.2) is 0 Å². The Hall–Kier alpha value is -1.76. The zero-order valence-corrected chi connectivity index (χ0v) is 15.6. The van der Waals surface area contributed by atoms with Crippen LogP contribution in [0.2, 0.25) is 10.0 Å². The van der Waals surface area contributed by atoms with E-state index >= 15 is 0 Å². The van der Waals surface area contributed by atoms with Crippen LogP contribution in [0.4, 0.5) is 5.69 Å². The average molecular weight is 387 g/mol. The van der Waals surface area contributed by atoms with E-state index in [1.165, 1.54) is 31.3 Å². The van der Waals surface area contributed by atoms with Crippen molar-refractivity contribution in [2.45, 2.75) is 18.7 Å². The van der Waals surface area contributed by atoms with E-state index in [4.69, 9.17) is 23.2 Å². The van der Waals surface area contributed by atoms with Gasteiger partial charge in [-0.05, 0) is 55.3 Å². The van der Waals surface area contributed by atoms with Crippen LogP contribution >= 0.6 is 23.2 Å². The summed E-state index contributed by atoms with van der Waals surface area (Å²) in [6, 6.07) is 7.67. The molecule has 0 bridgehead atoms. The smallest absolute Gasteiger partial charge is 0.263 e. The maximum absolute atomic E-state index is 12.7. The quantitative estimate of drug-likeness (QED) is 0.839. The van der Waals surface area contributed by atoms with Crippen molar-refractivity contribution in [3.05, 3.63) is 57.1 Å². The molecule has 0 aliphatic heterocycles. The highest BCUT2D eigenvalue weighted by Gasteiger charge is 2.24. The molecule has 0 spiro atoms. The Kier molecular flexibility index (Phi) is 5.42. The van der Waals surface area contributed by atoms with Gasteiger partial charge in [-0.1, -0.05) is 23.2 Å².